The first kappa shape index (κ1) is 21.4. The molecule has 0 aliphatic carbocycles. The molecule has 0 radical (unpaired) electrons. The molecule has 4 nitrogen and oxygen atoms in total. The number of ether oxygens (including phenoxy) is 1. The number of rotatable bonds is 6. The number of aryl methyl sites for hydroxylation is 2. The average Bonchev–Trinajstić information content (AvgIpc) is 2.73. The summed E-state index contributed by atoms with van der Waals surface area (Å²) < 4.78 is 6.55. The molecular formula is C25H21BrN2O2. The van der Waals surface area contributed by atoms with Gasteiger partial charge in [0.2, 0.25) is 0 Å². The van der Waals surface area contributed by atoms with E-state index in [0.717, 1.165) is 26.9 Å². The van der Waals surface area contributed by atoms with E-state index in [1.165, 1.54) is 5.56 Å². The molecule has 0 spiro atoms. The van der Waals surface area contributed by atoms with Gasteiger partial charge in [-0.05, 0) is 78.6 Å². The highest BCUT2D eigenvalue weighted by Crippen LogP contribution is 2.23. The van der Waals surface area contributed by atoms with Crippen molar-refractivity contribution in [1.29, 1.82) is 5.26 Å². The van der Waals surface area contributed by atoms with Crippen molar-refractivity contribution in [2.75, 3.05) is 11.9 Å². The number of nitrogens with one attached hydrogen (secondary N) is 1. The number of hydrogen-bond donors (Lipinski definition) is 1. The Morgan fingerprint density at radius 1 is 1.07 bits per heavy atom. The van der Waals surface area contributed by atoms with Gasteiger partial charge >= 0.3 is 0 Å². The lowest BCUT2D eigenvalue weighted by molar-refractivity contribution is -0.118. The van der Waals surface area contributed by atoms with E-state index in [1.807, 2.05) is 68.4 Å². The van der Waals surface area contributed by atoms with Gasteiger partial charge in [0.15, 0.2) is 6.61 Å². The molecule has 3 aromatic rings. The Kier molecular flexibility index (Phi) is 7.05. The normalized spacial score (nSPS) is 10.9. The Labute approximate surface area is 184 Å². The summed E-state index contributed by atoms with van der Waals surface area (Å²) in [6.07, 6.45) is 1.80. The van der Waals surface area contributed by atoms with E-state index in [9.17, 15) is 10.1 Å². The first-order valence-corrected chi connectivity index (χ1v) is 10.2. The summed E-state index contributed by atoms with van der Waals surface area (Å²) in [5.41, 5.74) is 5.22. The van der Waals surface area contributed by atoms with Crippen LogP contribution in [-0.2, 0) is 4.79 Å². The van der Waals surface area contributed by atoms with Crippen molar-refractivity contribution in [2.45, 2.75) is 13.8 Å². The molecule has 0 saturated heterocycles. The number of benzene rings is 3. The largest absolute Gasteiger partial charge is 0.484 e. The Hall–Kier alpha value is -3.36. The van der Waals surface area contributed by atoms with Crippen molar-refractivity contribution in [2.24, 2.45) is 0 Å². The maximum atomic E-state index is 12.2. The van der Waals surface area contributed by atoms with Gasteiger partial charge in [0.25, 0.3) is 5.91 Å². The Balaban J connectivity index is 1.67. The smallest absolute Gasteiger partial charge is 0.262 e. The zero-order valence-electron chi connectivity index (χ0n) is 16.8. The third-order valence-electron chi connectivity index (χ3n) is 4.59. The number of halogens is 1. The molecule has 3 rings (SSSR count). The molecule has 30 heavy (non-hydrogen) atoms. The number of amides is 1. The lowest BCUT2D eigenvalue weighted by Gasteiger charge is -2.09. The molecule has 0 unspecified atom stereocenters. The zero-order valence-corrected chi connectivity index (χ0v) is 18.4. The van der Waals surface area contributed by atoms with Crippen LogP contribution in [0.2, 0.25) is 0 Å². The van der Waals surface area contributed by atoms with Gasteiger partial charge in [-0.15, -0.1) is 0 Å². The Morgan fingerprint density at radius 3 is 2.60 bits per heavy atom. The number of carbonyl (C=O) groups excluding carboxylic acids is 1. The van der Waals surface area contributed by atoms with Gasteiger partial charge in [-0.25, -0.2) is 0 Å². The molecule has 1 amide bonds. The standard InChI is InChI=1S/C25H21BrN2O2/c1-17-9-10-23(11-18(17)2)28-25(29)16-30-24-8-3-5-19(13-24)12-21(15-27)20-6-4-7-22(26)14-20/h3-14H,16H2,1-2H3,(H,28,29)/b21-12-. The second-order valence-corrected chi connectivity index (χ2v) is 7.80. The fourth-order valence-corrected chi connectivity index (χ4v) is 3.26. The second kappa shape index (κ2) is 9.91. The summed E-state index contributed by atoms with van der Waals surface area (Å²) in [6.45, 7) is 3.93. The maximum Gasteiger partial charge on any atom is 0.262 e. The van der Waals surface area contributed by atoms with E-state index in [1.54, 1.807) is 18.2 Å². The molecule has 0 aliphatic rings. The predicted octanol–water partition coefficient (Wildman–Crippen LogP) is 6.15. The number of carbonyl (C=O) groups is 1. The van der Waals surface area contributed by atoms with Gasteiger partial charge in [-0.3, -0.25) is 4.79 Å². The highest BCUT2D eigenvalue weighted by atomic mass is 79.9. The molecule has 0 atom stereocenters. The average molecular weight is 461 g/mol. The molecule has 0 bridgehead atoms. The minimum Gasteiger partial charge on any atom is -0.484 e. The molecule has 5 heteroatoms. The Morgan fingerprint density at radius 2 is 1.87 bits per heavy atom. The van der Waals surface area contributed by atoms with Crippen LogP contribution in [0.4, 0.5) is 5.69 Å². The number of hydrogen-bond acceptors (Lipinski definition) is 3. The molecular weight excluding hydrogens is 440 g/mol. The monoisotopic (exact) mass is 460 g/mol. The number of nitrogens with zero attached hydrogens (tertiary/aromatic N) is 1. The summed E-state index contributed by atoms with van der Waals surface area (Å²) in [4.78, 5) is 12.2. The first-order valence-electron chi connectivity index (χ1n) is 9.42. The highest BCUT2D eigenvalue weighted by Gasteiger charge is 2.06. The van der Waals surface area contributed by atoms with E-state index in [2.05, 4.69) is 27.3 Å². The van der Waals surface area contributed by atoms with Crippen molar-refractivity contribution in [3.8, 4) is 11.8 Å². The molecule has 1 N–H and O–H groups in total. The Bertz CT molecular complexity index is 1150. The van der Waals surface area contributed by atoms with E-state index in [4.69, 9.17) is 4.74 Å². The lowest BCUT2D eigenvalue weighted by atomic mass is 10.0. The van der Waals surface area contributed by atoms with Crippen LogP contribution in [0, 0.1) is 25.2 Å². The maximum absolute atomic E-state index is 12.2. The zero-order chi connectivity index (χ0) is 21.5. The summed E-state index contributed by atoms with van der Waals surface area (Å²) in [6, 6.07) is 22.9. The second-order valence-electron chi connectivity index (χ2n) is 6.89. The topological polar surface area (TPSA) is 62.1 Å². The lowest BCUT2D eigenvalue weighted by Crippen LogP contribution is -2.20. The van der Waals surface area contributed by atoms with Crippen LogP contribution < -0.4 is 10.1 Å². The third kappa shape index (κ3) is 5.82. The van der Waals surface area contributed by atoms with Crippen LogP contribution >= 0.6 is 15.9 Å². The van der Waals surface area contributed by atoms with Crippen LogP contribution in [0.5, 0.6) is 5.75 Å². The van der Waals surface area contributed by atoms with Gasteiger partial charge in [-0.1, -0.05) is 46.3 Å². The van der Waals surface area contributed by atoms with E-state index < -0.39 is 0 Å². The molecule has 150 valence electrons. The van der Waals surface area contributed by atoms with Crippen LogP contribution in [-0.4, -0.2) is 12.5 Å². The van der Waals surface area contributed by atoms with E-state index in [-0.39, 0.29) is 12.5 Å². The summed E-state index contributed by atoms with van der Waals surface area (Å²) in [5.74, 6) is 0.330. The minimum atomic E-state index is -0.231. The van der Waals surface area contributed by atoms with Gasteiger partial charge in [0.05, 0.1) is 11.6 Å². The molecule has 0 fully saturated rings. The predicted molar refractivity (Wildman–Crippen MR) is 124 cm³/mol. The molecule has 3 aromatic carbocycles. The summed E-state index contributed by atoms with van der Waals surface area (Å²) in [5, 5.41) is 12.4. The number of anilines is 1. The molecule has 0 aromatic heterocycles. The first-order chi connectivity index (χ1) is 14.4. The third-order valence-corrected chi connectivity index (χ3v) is 5.08. The van der Waals surface area contributed by atoms with Crippen molar-refractivity contribution >= 4 is 39.2 Å². The van der Waals surface area contributed by atoms with Gasteiger partial charge in [0.1, 0.15) is 5.75 Å². The molecule has 0 aliphatic heterocycles. The summed E-state index contributed by atoms with van der Waals surface area (Å²) >= 11 is 3.43. The minimum absolute atomic E-state index is 0.100. The van der Waals surface area contributed by atoms with Crippen molar-refractivity contribution in [3.63, 3.8) is 0 Å². The van der Waals surface area contributed by atoms with Crippen LogP contribution in [0.15, 0.2) is 71.2 Å². The van der Waals surface area contributed by atoms with Gasteiger partial charge in [0, 0.05) is 10.2 Å². The van der Waals surface area contributed by atoms with Crippen LogP contribution in [0.1, 0.15) is 22.3 Å². The van der Waals surface area contributed by atoms with Crippen molar-refractivity contribution < 1.29 is 9.53 Å². The van der Waals surface area contributed by atoms with E-state index >= 15 is 0 Å². The van der Waals surface area contributed by atoms with Crippen molar-refractivity contribution in [3.05, 3.63) is 93.5 Å². The highest BCUT2D eigenvalue weighted by molar-refractivity contribution is 9.10. The number of nitriles is 1. The van der Waals surface area contributed by atoms with Crippen LogP contribution in [0.3, 0.4) is 0 Å². The molecule has 0 saturated carbocycles. The number of allylic oxidation sites excluding steroid dienone is 1. The van der Waals surface area contributed by atoms with Gasteiger partial charge in [-0.2, -0.15) is 5.26 Å². The van der Waals surface area contributed by atoms with Crippen LogP contribution in [0.25, 0.3) is 11.6 Å². The fraction of sp³-hybridized carbons (Fsp3) is 0.120. The molecule has 0 heterocycles. The SMILES string of the molecule is Cc1ccc(NC(=O)COc2cccc(/C=C(/C#N)c3cccc(Br)c3)c2)cc1C. The van der Waals surface area contributed by atoms with E-state index in [0.29, 0.717) is 11.3 Å². The fourth-order valence-electron chi connectivity index (χ4n) is 2.86. The summed E-state index contributed by atoms with van der Waals surface area (Å²) in [7, 11) is 0. The van der Waals surface area contributed by atoms with Crippen molar-refractivity contribution in [1.82, 2.24) is 0 Å². The van der Waals surface area contributed by atoms with Gasteiger partial charge < -0.3 is 10.1 Å². The quantitative estimate of drug-likeness (QED) is 0.354.